The number of hydrogen-bond donors (Lipinski definition) is 0. The number of aromatic nitrogens is 6. The fourth-order valence-electron chi connectivity index (χ4n) is 19.7. The Balaban J connectivity index is 0.880. The Morgan fingerprint density at radius 2 is 0.287 bits per heavy atom. The van der Waals surface area contributed by atoms with Gasteiger partial charge in [0.2, 0.25) is 5.95 Å². The first kappa shape index (κ1) is 75.5. The number of para-hydroxylation sites is 2. The van der Waals surface area contributed by atoms with Gasteiger partial charge in [0.15, 0.2) is 11.6 Å². The summed E-state index contributed by atoms with van der Waals surface area (Å²) in [4.78, 5) is 18.8. The van der Waals surface area contributed by atoms with Crippen LogP contribution in [-0.2, 0) is 0 Å². The highest BCUT2D eigenvalue weighted by Crippen LogP contribution is 2.53. The van der Waals surface area contributed by atoms with Crippen LogP contribution in [0.2, 0.25) is 0 Å². The van der Waals surface area contributed by atoms with E-state index in [0.717, 1.165) is 221 Å². The molecule has 0 saturated heterocycles. The highest BCUT2D eigenvalue weighted by molar-refractivity contribution is 6.23. The second-order valence-electron chi connectivity index (χ2n) is 33.2. The lowest BCUT2D eigenvalue weighted by molar-refractivity contribution is 0.950. The smallest absolute Gasteiger partial charge is 0.238 e. The van der Waals surface area contributed by atoms with E-state index in [4.69, 9.17) is 15.0 Å². The molecule has 0 aliphatic heterocycles. The van der Waals surface area contributed by atoms with Crippen LogP contribution in [0.4, 0.5) is 0 Å². The molecule has 0 radical (unpaired) electrons. The Kier molecular flexibility index (Phi) is 18.8. The molecule has 24 rings (SSSR count). The summed E-state index contributed by atoms with van der Waals surface area (Å²) < 4.78 is 7.49. The molecule has 0 fully saturated rings. The van der Waals surface area contributed by atoms with Crippen molar-refractivity contribution in [2.75, 3.05) is 0 Å². The third kappa shape index (κ3) is 13.4. The molecule has 24 aromatic rings. The predicted molar refractivity (Wildman–Crippen MR) is 539 cm³/mol. The maximum absolute atomic E-state index is 6.30. The molecule has 0 amide bonds. The normalized spacial score (nSPS) is 11.6. The van der Waals surface area contributed by atoms with Gasteiger partial charge >= 0.3 is 0 Å². The third-order valence-corrected chi connectivity index (χ3v) is 25.6. The zero-order valence-corrected chi connectivity index (χ0v) is 70.4. The first-order valence-electron chi connectivity index (χ1n) is 44.1. The maximum Gasteiger partial charge on any atom is 0.238 e. The molecule has 0 atom stereocenters. The van der Waals surface area contributed by atoms with E-state index in [1.807, 2.05) is 0 Å². The largest absolute Gasteiger partial charge is 0.307 e. The number of rotatable bonds is 17. The van der Waals surface area contributed by atoms with Crippen molar-refractivity contribution in [3.8, 4) is 174 Å². The number of benzene rings is 20. The Bertz CT molecular complexity index is 7600. The topological polar surface area (TPSA) is 53.5 Å². The predicted octanol–water partition coefficient (Wildman–Crippen LogP) is 32.5. The second-order valence-corrected chi connectivity index (χ2v) is 33.2. The third-order valence-electron chi connectivity index (χ3n) is 25.6. The van der Waals surface area contributed by atoms with Gasteiger partial charge in [0.05, 0.1) is 44.5 Å². The fourth-order valence-corrected chi connectivity index (χ4v) is 19.7. The van der Waals surface area contributed by atoms with Crippen LogP contribution in [-0.4, -0.2) is 28.7 Å². The van der Waals surface area contributed by atoms with Crippen LogP contribution >= 0.6 is 0 Å². The first-order chi connectivity index (χ1) is 64.0. The molecule has 129 heavy (non-hydrogen) atoms. The van der Waals surface area contributed by atoms with Gasteiger partial charge in [-0.3, -0.25) is 4.57 Å². The minimum absolute atomic E-state index is 0.434. The molecule has 0 unspecified atom stereocenters. The van der Waals surface area contributed by atoms with Crippen molar-refractivity contribution >= 4 is 65.4 Å². The molecule has 0 spiro atoms. The molecule has 6 nitrogen and oxygen atoms in total. The van der Waals surface area contributed by atoms with Crippen molar-refractivity contribution in [2.24, 2.45) is 0 Å². The molecule has 0 aliphatic carbocycles. The van der Waals surface area contributed by atoms with E-state index in [9.17, 15) is 0 Å². The average molecular weight is 1640 g/mol. The summed E-state index contributed by atoms with van der Waals surface area (Å²) in [5.41, 5.74) is 35.4. The Labute approximate surface area is 747 Å². The van der Waals surface area contributed by atoms with Gasteiger partial charge in [0, 0.05) is 76.8 Å². The summed E-state index contributed by atoms with van der Waals surface area (Å²) in [5, 5.41) is 6.47. The molecule has 4 aromatic heterocycles. The average Bonchev–Trinajstić information content (AvgIpc) is 1.56. The molecule has 4 heterocycles. The Morgan fingerprint density at radius 1 is 0.124 bits per heavy atom. The van der Waals surface area contributed by atoms with Gasteiger partial charge in [-0.1, -0.05) is 388 Å². The quantitative estimate of drug-likeness (QED) is 0.0913. The van der Waals surface area contributed by atoms with Crippen molar-refractivity contribution < 1.29 is 0 Å². The lowest BCUT2D eigenvalue weighted by atomic mass is 9.93. The van der Waals surface area contributed by atoms with Crippen LogP contribution < -0.4 is 0 Å². The van der Waals surface area contributed by atoms with E-state index in [2.05, 4.69) is 499 Å². The van der Waals surface area contributed by atoms with Gasteiger partial charge in [0.1, 0.15) is 0 Å². The molecule has 0 N–H and O–H groups in total. The minimum Gasteiger partial charge on any atom is -0.307 e. The van der Waals surface area contributed by atoms with Gasteiger partial charge in [-0.2, -0.15) is 9.97 Å². The van der Waals surface area contributed by atoms with Gasteiger partial charge in [0.25, 0.3) is 0 Å². The van der Waals surface area contributed by atoms with Crippen LogP contribution in [0, 0.1) is 0 Å². The highest BCUT2D eigenvalue weighted by Gasteiger charge is 2.32. The van der Waals surface area contributed by atoms with Gasteiger partial charge in [-0.05, 0) is 197 Å². The van der Waals surface area contributed by atoms with Crippen LogP contribution in [0.3, 0.4) is 0 Å². The van der Waals surface area contributed by atoms with Crippen molar-refractivity contribution in [2.45, 2.75) is 0 Å². The summed E-state index contributed by atoms with van der Waals surface area (Å²) in [6.45, 7) is 0. The fraction of sp³-hybridized carbons (Fsp3) is 0. The van der Waals surface area contributed by atoms with Gasteiger partial charge < -0.3 is 9.13 Å². The number of hydrogen-bond acceptors (Lipinski definition) is 3. The summed E-state index contributed by atoms with van der Waals surface area (Å²) >= 11 is 0. The Morgan fingerprint density at radius 3 is 0.481 bits per heavy atom. The van der Waals surface area contributed by atoms with Crippen LogP contribution in [0.15, 0.2) is 485 Å². The molecule has 0 saturated carbocycles. The maximum atomic E-state index is 6.30. The molecule has 20 aromatic carbocycles. The van der Waals surface area contributed by atoms with Crippen molar-refractivity contribution in [3.05, 3.63) is 485 Å². The van der Waals surface area contributed by atoms with E-state index >= 15 is 0 Å². The standard InChI is InChI=1S/C123H80N6/c1-13-41-81(42-14-1)93-69-101(87-53-25-7-26-54-87)115-107(75-93)108-76-94(82-43-15-2-16-44-82)70-102(88-55-27-8-28-56-88)116(108)127(115)113-67-39-37-65-99(113)121-124-122(126-123(125-121)129-119-105(91-61-33-11-34-62-91)73-97(85-49-21-5-22-50-85)79-111(119)112-80-98(86-51-23-6-24-52-86)74-106(120(112)129)92-63-35-12-36-64-92)100-66-38-40-68-114(100)128-117-103(89-57-29-9-30-58-89)71-95(83-45-17-3-18-46-83)77-109(117)110-78-96(84-47-19-4-20-48-84)72-104(118(110)128)90-59-31-10-32-60-90/h1-80H. The lowest BCUT2D eigenvalue weighted by Crippen LogP contribution is -2.10. The second kappa shape index (κ2) is 32.2. The molecule has 6 heteroatoms. The molecule has 0 bridgehead atoms. The molecule has 0 aliphatic rings. The first-order valence-corrected chi connectivity index (χ1v) is 44.1. The summed E-state index contributed by atoms with van der Waals surface area (Å²) in [6, 6.07) is 177. The highest BCUT2D eigenvalue weighted by atomic mass is 15.2. The van der Waals surface area contributed by atoms with Crippen molar-refractivity contribution in [1.82, 2.24) is 28.7 Å². The zero-order chi connectivity index (χ0) is 85.2. The van der Waals surface area contributed by atoms with E-state index in [1.165, 1.54) is 0 Å². The van der Waals surface area contributed by atoms with Crippen LogP contribution in [0.25, 0.3) is 239 Å². The molecular formula is C123H80N6. The van der Waals surface area contributed by atoms with Crippen LogP contribution in [0.1, 0.15) is 0 Å². The lowest BCUT2D eigenvalue weighted by Gasteiger charge is -2.20. The molecule has 602 valence electrons. The van der Waals surface area contributed by atoms with E-state index in [0.29, 0.717) is 17.6 Å². The van der Waals surface area contributed by atoms with E-state index < -0.39 is 0 Å². The van der Waals surface area contributed by atoms with Crippen molar-refractivity contribution in [3.63, 3.8) is 0 Å². The monoisotopic (exact) mass is 1640 g/mol. The SMILES string of the molecule is c1ccc(-c2cc(-c3ccccc3)c3c(c2)c2cc(-c4ccccc4)cc(-c4ccccc4)c2n3-c2nc(-c3ccccc3-n3c4c(-c5ccccc5)cc(-c5ccccc5)cc4c4cc(-c5ccccc5)cc(-c5ccccc5)c43)nc(-c3ccccc3-n3c4c(-c5ccccc5)cc(-c5ccccc5)cc4c4cc(-c5ccccc5)cc(-c5ccccc5)c43)n2)cc1. The summed E-state index contributed by atoms with van der Waals surface area (Å²) in [6.07, 6.45) is 0. The molecular weight excluding hydrogens is 1560 g/mol. The van der Waals surface area contributed by atoms with E-state index in [-0.39, 0.29) is 0 Å². The van der Waals surface area contributed by atoms with E-state index in [1.54, 1.807) is 0 Å². The number of fused-ring (bicyclic) bond motifs is 9. The van der Waals surface area contributed by atoms with Gasteiger partial charge in [-0.15, -0.1) is 0 Å². The number of nitrogens with zero attached hydrogens (tertiary/aromatic N) is 6. The summed E-state index contributed by atoms with van der Waals surface area (Å²) in [5.74, 6) is 1.37. The Hall–Kier alpha value is -17.2. The van der Waals surface area contributed by atoms with Crippen molar-refractivity contribution in [1.29, 1.82) is 0 Å². The van der Waals surface area contributed by atoms with Crippen LogP contribution in [0.5, 0.6) is 0 Å². The minimum atomic E-state index is 0.434. The van der Waals surface area contributed by atoms with Gasteiger partial charge in [-0.25, -0.2) is 4.98 Å². The zero-order valence-electron chi connectivity index (χ0n) is 70.4. The summed E-state index contributed by atoms with van der Waals surface area (Å²) in [7, 11) is 0.